The first-order valence-electron chi connectivity index (χ1n) is 15.8. The fourth-order valence-electron chi connectivity index (χ4n) is 6.29. The van der Waals surface area contributed by atoms with E-state index in [1.807, 2.05) is 41.4 Å². The first kappa shape index (κ1) is 31.4. The summed E-state index contributed by atoms with van der Waals surface area (Å²) in [5.41, 5.74) is 1.34. The van der Waals surface area contributed by atoms with E-state index in [9.17, 15) is 4.79 Å². The van der Waals surface area contributed by atoms with Crippen molar-refractivity contribution < 1.29 is 33.2 Å². The predicted octanol–water partition coefficient (Wildman–Crippen LogP) is 4.35. The van der Waals surface area contributed by atoms with E-state index in [-0.39, 0.29) is 12.5 Å². The lowest BCUT2D eigenvalue weighted by Gasteiger charge is -2.46. The van der Waals surface area contributed by atoms with Crippen LogP contribution in [-0.4, -0.2) is 108 Å². The number of hydrogen-bond donors (Lipinski definition) is 0. The summed E-state index contributed by atoms with van der Waals surface area (Å²) in [4.78, 5) is 23.1. The number of benzene rings is 3. The maximum atomic E-state index is 14.2. The van der Waals surface area contributed by atoms with Crippen LogP contribution >= 0.6 is 0 Å². The van der Waals surface area contributed by atoms with Crippen molar-refractivity contribution in [3.8, 4) is 5.75 Å². The van der Waals surface area contributed by atoms with Crippen molar-refractivity contribution in [3.63, 3.8) is 0 Å². The SMILES string of the molecule is CC1(C)c2ccccc2N(CC(=O)N2CCOCCOCCOCCOCCOCC2)C12C=Nc1c(ccc3ccccc13)O2. The Hall–Kier alpha value is -3.54. The summed E-state index contributed by atoms with van der Waals surface area (Å²) in [6.45, 7) is 9.88. The molecule has 240 valence electrons. The van der Waals surface area contributed by atoms with Crippen molar-refractivity contribution in [2.75, 3.05) is 90.6 Å². The summed E-state index contributed by atoms with van der Waals surface area (Å²) in [6, 6.07) is 20.4. The molecule has 1 unspecified atom stereocenters. The van der Waals surface area contributed by atoms with Crippen LogP contribution < -0.4 is 9.64 Å². The first-order chi connectivity index (χ1) is 22.0. The van der Waals surface area contributed by atoms with Gasteiger partial charge in [-0.2, -0.15) is 0 Å². The Balaban J connectivity index is 1.23. The van der Waals surface area contributed by atoms with Crippen molar-refractivity contribution in [1.82, 2.24) is 4.90 Å². The van der Waals surface area contributed by atoms with E-state index in [0.29, 0.717) is 84.9 Å². The molecule has 3 heterocycles. The van der Waals surface area contributed by atoms with Crippen LogP contribution in [0.3, 0.4) is 0 Å². The zero-order valence-electron chi connectivity index (χ0n) is 26.2. The second kappa shape index (κ2) is 14.3. The Morgan fingerprint density at radius 1 is 0.733 bits per heavy atom. The Bertz CT molecular complexity index is 1480. The molecule has 1 amide bonds. The van der Waals surface area contributed by atoms with Gasteiger partial charge in [-0.15, -0.1) is 0 Å². The first-order valence-corrected chi connectivity index (χ1v) is 15.8. The van der Waals surface area contributed by atoms with Crippen molar-refractivity contribution in [2.24, 2.45) is 4.99 Å². The number of aliphatic imine (C=N–C) groups is 1. The highest BCUT2D eigenvalue weighted by Crippen LogP contribution is 2.54. The summed E-state index contributed by atoms with van der Waals surface area (Å²) >= 11 is 0. The number of para-hydroxylation sites is 1. The number of fused-ring (bicyclic) bond motifs is 4. The maximum absolute atomic E-state index is 14.2. The number of hydrogen-bond acceptors (Lipinski definition) is 9. The minimum Gasteiger partial charge on any atom is -0.459 e. The average molecular weight is 618 g/mol. The molecule has 0 N–H and O–H groups in total. The minimum absolute atomic E-state index is 0.0468. The molecule has 45 heavy (non-hydrogen) atoms. The highest BCUT2D eigenvalue weighted by molar-refractivity contribution is 6.00. The molecular formula is C35H43N3O7. The van der Waals surface area contributed by atoms with E-state index < -0.39 is 11.1 Å². The molecule has 3 aliphatic heterocycles. The molecule has 1 saturated heterocycles. The predicted molar refractivity (Wildman–Crippen MR) is 173 cm³/mol. The van der Waals surface area contributed by atoms with E-state index in [1.54, 1.807) is 0 Å². The average Bonchev–Trinajstić information content (AvgIpc) is 3.22. The molecule has 3 aromatic carbocycles. The Morgan fingerprint density at radius 2 is 1.31 bits per heavy atom. The molecule has 10 nitrogen and oxygen atoms in total. The molecule has 1 atom stereocenters. The molecule has 0 aliphatic carbocycles. The molecule has 6 rings (SSSR count). The monoisotopic (exact) mass is 617 g/mol. The standard InChI is InChI=1S/C35H43N3O7/c1-34(2)29-9-5-6-10-30(29)38(35(34)26-36-33-28-8-4-3-7-27(28)11-12-31(33)45-35)25-32(39)37-13-15-40-17-19-42-21-23-44-24-22-43-20-18-41-16-14-37/h3-12,26H,13-25H2,1-2H3. The minimum atomic E-state index is -1.01. The van der Waals surface area contributed by atoms with Crippen molar-refractivity contribution in [1.29, 1.82) is 0 Å². The highest BCUT2D eigenvalue weighted by Gasteiger charge is 2.60. The van der Waals surface area contributed by atoms with Crippen LogP contribution in [0.25, 0.3) is 10.8 Å². The zero-order chi connectivity index (χ0) is 31.1. The van der Waals surface area contributed by atoms with Crippen LogP contribution in [0.1, 0.15) is 19.4 Å². The fourth-order valence-corrected chi connectivity index (χ4v) is 6.29. The van der Waals surface area contributed by atoms with Crippen molar-refractivity contribution in [3.05, 3.63) is 66.2 Å². The van der Waals surface area contributed by atoms with E-state index in [0.717, 1.165) is 27.7 Å². The molecule has 0 radical (unpaired) electrons. The van der Waals surface area contributed by atoms with Crippen LogP contribution in [0.5, 0.6) is 5.75 Å². The molecule has 0 aromatic heterocycles. The van der Waals surface area contributed by atoms with Gasteiger partial charge in [-0.05, 0) is 36.9 Å². The molecule has 3 aliphatic rings. The van der Waals surface area contributed by atoms with Gasteiger partial charge in [-0.1, -0.05) is 48.5 Å². The number of nitrogens with zero attached hydrogens (tertiary/aromatic N) is 3. The summed E-state index contributed by atoms with van der Waals surface area (Å²) in [5.74, 6) is 0.651. The van der Waals surface area contributed by atoms with Gasteiger partial charge in [-0.25, -0.2) is 0 Å². The van der Waals surface area contributed by atoms with Crippen molar-refractivity contribution in [2.45, 2.75) is 25.0 Å². The van der Waals surface area contributed by atoms with Gasteiger partial charge in [0.1, 0.15) is 18.0 Å². The van der Waals surface area contributed by atoms with Gasteiger partial charge in [0, 0.05) is 24.2 Å². The number of carbonyl (C=O) groups excluding carboxylic acids is 1. The van der Waals surface area contributed by atoms with Gasteiger partial charge in [0.25, 0.3) is 0 Å². The Labute approximate surface area is 264 Å². The highest BCUT2D eigenvalue weighted by atomic mass is 16.6. The second-order valence-corrected chi connectivity index (χ2v) is 11.9. The van der Waals surface area contributed by atoms with E-state index in [4.69, 9.17) is 33.4 Å². The number of amides is 1. The quantitative estimate of drug-likeness (QED) is 0.419. The lowest BCUT2D eigenvalue weighted by atomic mass is 9.77. The molecule has 1 fully saturated rings. The van der Waals surface area contributed by atoms with E-state index >= 15 is 0 Å². The zero-order valence-corrected chi connectivity index (χ0v) is 26.2. The third-order valence-corrected chi connectivity index (χ3v) is 8.81. The fraction of sp³-hybridized carbons (Fsp3) is 0.486. The molecule has 0 bridgehead atoms. The van der Waals surface area contributed by atoms with Gasteiger partial charge in [0.2, 0.25) is 11.6 Å². The summed E-state index contributed by atoms with van der Waals surface area (Å²) < 4.78 is 35.3. The third-order valence-electron chi connectivity index (χ3n) is 8.81. The molecule has 3 aromatic rings. The third kappa shape index (κ3) is 6.57. The van der Waals surface area contributed by atoms with Crippen molar-refractivity contribution >= 4 is 34.3 Å². The van der Waals surface area contributed by atoms with Gasteiger partial charge in [-0.3, -0.25) is 9.79 Å². The molecule has 0 saturated carbocycles. The summed E-state index contributed by atoms with van der Waals surface area (Å²) in [6.07, 6.45) is 1.89. The Morgan fingerprint density at radius 3 is 1.98 bits per heavy atom. The number of carbonyl (C=O) groups is 1. The topological polar surface area (TPSA) is 91.3 Å². The smallest absolute Gasteiger partial charge is 0.242 e. The maximum Gasteiger partial charge on any atom is 0.242 e. The largest absolute Gasteiger partial charge is 0.459 e. The lowest BCUT2D eigenvalue weighted by Crippen LogP contribution is -2.64. The van der Waals surface area contributed by atoms with E-state index in [2.05, 4.69) is 49.1 Å². The molecule has 10 heteroatoms. The Kier molecular flexibility index (Phi) is 9.97. The van der Waals surface area contributed by atoms with Crippen LogP contribution in [0, 0.1) is 0 Å². The van der Waals surface area contributed by atoms with Gasteiger partial charge in [0.15, 0.2) is 0 Å². The van der Waals surface area contributed by atoms with Crippen LogP contribution in [0.2, 0.25) is 0 Å². The molecular weight excluding hydrogens is 574 g/mol. The summed E-state index contributed by atoms with van der Waals surface area (Å²) in [5, 5.41) is 2.13. The number of ether oxygens (including phenoxy) is 6. The van der Waals surface area contributed by atoms with Crippen LogP contribution in [0.15, 0.2) is 65.7 Å². The number of anilines is 1. The second-order valence-electron chi connectivity index (χ2n) is 11.9. The normalized spacial score (nSPS) is 23.2. The van der Waals surface area contributed by atoms with Gasteiger partial charge >= 0.3 is 0 Å². The van der Waals surface area contributed by atoms with Crippen LogP contribution in [0.4, 0.5) is 11.4 Å². The van der Waals surface area contributed by atoms with E-state index in [1.165, 1.54) is 0 Å². The lowest BCUT2D eigenvalue weighted by molar-refractivity contribution is -0.132. The van der Waals surface area contributed by atoms with Gasteiger partial charge in [0.05, 0.1) is 77.7 Å². The molecule has 1 spiro atoms. The van der Waals surface area contributed by atoms with Gasteiger partial charge < -0.3 is 38.2 Å². The van der Waals surface area contributed by atoms with Crippen LogP contribution in [-0.2, 0) is 33.9 Å². The summed E-state index contributed by atoms with van der Waals surface area (Å²) in [7, 11) is 0. The number of rotatable bonds is 2.